The summed E-state index contributed by atoms with van der Waals surface area (Å²) in [6.45, 7) is 41.1. The maximum absolute atomic E-state index is 12.8. The van der Waals surface area contributed by atoms with E-state index < -0.39 is 0 Å². The molecule has 1 unspecified atom stereocenters. The fourth-order valence-electron chi connectivity index (χ4n) is 17.2. The van der Waals surface area contributed by atoms with E-state index in [0.29, 0.717) is 135 Å². The largest absolute Gasteiger partial charge is 0.463 e. The molecule has 0 bridgehead atoms. The Morgan fingerprint density at radius 2 is 0.768 bits per heavy atom. The van der Waals surface area contributed by atoms with Gasteiger partial charge in [0.25, 0.3) is 5.91 Å². The molecule has 664 valence electrons. The molecule has 1 atom stereocenters. The van der Waals surface area contributed by atoms with Gasteiger partial charge in [-0.15, -0.1) is 0 Å². The number of nitrogens with zero attached hydrogens (tertiary/aromatic N) is 17. The van der Waals surface area contributed by atoms with Gasteiger partial charge in [0.05, 0.1) is 37.3 Å². The lowest BCUT2D eigenvalue weighted by molar-refractivity contribution is -0.120. The van der Waals surface area contributed by atoms with E-state index in [9.17, 15) is 19.2 Å². The summed E-state index contributed by atoms with van der Waals surface area (Å²) in [5, 5.41) is 0. The second kappa shape index (κ2) is 43.9. The predicted octanol–water partition coefficient (Wildman–Crippen LogP) is 13.6. The summed E-state index contributed by atoms with van der Waals surface area (Å²) in [5.74, 6) is 3.99. The zero-order chi connectivity index (χ0) is 88.0. The number of nitrogens with two attached hydrogens (primary N) is 4. The van der Waals surface area contributed by atoms with Crippen LogP contribution in [-0.2, 0) is 92.4 Å². The topological polar surface area (TPSA) is 332 Å². The molecule has 12 heterocycles. The fraction of sp³-hybridized carbons (Fsp3) is 0.485. The Morgan fingerprint density at radius 1 is 0.416 bits per heavy atom. The van der Waals surface area contributed by atoms with Gasteiger partial charge in [-0.2, -0.15) is 29.9 Å². The summed E-state index contributed by atoms with van der Waals surface area (Å²) < 4.78 is 17.1. The lowest BCUT2D eigenvalue weighted by Crippen LogP contribution is -2.44. The summed E-state index contributed by atoms with van der Waals surface area (Å²) in [4.78, 5) is 106. The third-order valence-electron chi connectivity index (χ3n) is 24.3. The molecule has 1 amide bonds. The smallest absolute Gasteiger partial charge is 0.320 e. The number of unbranched alkanes of at least 4 members (excludes halogenated alkanes) is 3. The van der Waals surface area contributed by atoms with Crippen LogP contribution >= 0.6 is 0 Å². The van der Waals surface area contributed by atoms with Gasteiger partial charge in [-0.05, 0) is 181 Å². The Balaban J connectivity index is 0.000000143. The van der Waals surface area contributed by atoms with Crippen LogP contribution in [0.1, 0.15) is 208 Å². The van der Waals surface area contributed by atoms with Crippen LogP contribution in [0.3, 0.4) is 0 Å². The molecule has 8 N–H and O–H groups in total. The molecule has 16 rings (SSSR count). The van der Waals surface area contributed by atoms with E-state index >= 15 is 0 Å². The van der Waals surface area contributed by atoms with Crippen molar-refractivity contribution in [2.75, 3.05) is 135 Å². The Morgan fingerprint density at radius 3 is 1.18 bits per heavy atom. The SMILES string of the molecule is C=C1C(=O)Cc2c(N)nc(OCCCC)nc2N1Cc1ccc(CN2CCCC2)cc1.C=C1C(=O)Cc2c(N)nc(OCCCC)nc2N1Cc1cccc(CN2CCCC2)c1.C=C1Cc2c(N)nc(C(=O)N(C)CCC)nc2N(Cc2cccc(CN3CCCC3)c2)C1.CCCCOc1nc(N)c2c(n1)N(Cc1cccc(CN3CCCC3)c1)C(C)C(=O)C2. The van der Waals surface area contributed by atoms with Crippen LogP contribution in [0.15, 0.2) is 134 Å². The van der Waals surface area contributed by atoms with E-state index in [1.54, 1.807) is 11.9 Å². The Bertz CT molecular complexity index is 5100. The lowest BCUT2D eigenvalue weighted by Gasteiger charge is -2.35. The first kappa shape index (κ1) is 91.2. The number of benzene rings is 4. The average molecular weight is 1700 g/mol. The monoisotopic (exact) mass is 1700 g/mol. The van der Waals surface area contributed by atoms with E-state index in [4.69, 9.17) is 37.1 Å². The van der Waals surface area contributed by atoms with Crippen molar-refractivity contribution in [2.45, 2.75) is 215 Å². The molecule has 8 aliphatic rings. The van der Waals surface area contributed by atoms with Gasteiger partial charge in [0.2, 0.25) is 5.82 Å². The number of allylic oxidation sites excluding steroid dienone is 2. The summed E-state index contributed by atoms with van der Waals surface area (Å²) >= 11 is 0. The highest BCUT2D eigenvalue weighted by Gasteiger charge is 2.37. The Kier molecular flexibility index (Phi) is 32.1. The molecule has 28 nitrogen and oxygen atoms in total. The van der Waals surface area contributed by atoms with Crippen molar-refractivity contribution in [3.63, 3.8) is 0 Å². The molecule has 125 heavy (non-hydrogen) atoms. The van der Waals surface area contributed by atoms with Crippen LogP contribution in [0.2, 0.25) is 0 Å². The number of nitrogen functional groups attached to an aromatic ring is 4. The number of hydrogen-bond donors (Lipinski definition) is 4. The minimum atomic E-state index is -0.271. The number of carbonyl (C=O) groups excluding carboxylic acids is 4. The fourth-order valence-corrected chi connectivity index (χ4v) is 17.2. The van der Waals surface area contributed by atoms with E-state index in [1.165, 1.54) is 118 Å². The zero-order valence-corrected chi connectivity index (χ0v) is 74.5. The molecule has 0 radical (unpaired) electrons. The molecule has 0 spiro atoms. The number of ketones is 3. The molecule has 8 aliphatic heterocycles. The van der Waals surface area contributed by atoms with Crippen molar-refractivity contribution < 1.29 is 33.4 Å². The van der Waals surface area contributed by atoms with Gasteiger partial charge in [-0.1, -0.05) is 169 Å². The number of rotatable bonds is 31. The lowest BCUT2D eigenvalue weighted by atomic mass is 9.97. The van der Waals surface area contributed by atoms with Gasteiger partial charge in [0.15, 0.2) is 17.3 Å². The molecular weight excluding hydrogens is 1570 g/mol. The average Bonchev–Trinajstić information content (AvgIpc) is 0.826. The molecule has 8 aromatic rings. The number of anilines is 8. The summed E-state index contributed by atoms with van der Waals surface area (Å²) in [5.41, 5.74) is 39.4. The highest BCUT2D eigenvalue weighted by molar-refractivity contribution is 6.04. The van der Waals surface area contributed by atoms with Crippen LogP contribution in [0, 0.1) is 0 Å². The Hall–Kier alpha value is -11.5. The number of Topliss-reactive ketones (excluding diaryl/α,β-unsaturated/α-hetero) is 3. The van der Waals surface area contributed by atoms with Gasteiger partial charge in [0, 0.05) is 120 Å². The summed E-state index contributed by atoms with van der Waals surface area (Å²) in [6, 6.07) is 35.0. The third kappa shape index (κ3) is 24.2. The van der Waals surface area contributed by atoms with Crippen LogP contribution < -0.4 is 56.7 Å². The van der Waals surface area contributed by atoms with Crippen LogP contribution in [-0.4, -0.2) is 186 Å². The van der Waals surface area contributed by atoms with Gasteiger partial charge >= 0.3 is 18.0 Å². The quantitative estimate of drug-likeness (QED) is 0.0178. The van der Waals surface area contributed by atoms with Gasteiger partial charge in [-0.3, -0.25) is 38.8 Å². The van der Waals surface area contributed by atoms with E-state index in [1.807, 2.05) is 28.5 Å². The normalized spacial score (nSPS) is 17.1. The van der Waals surface area contributed by atoms with Crippen molar-refractivity contribution in [3.05, 3.63) is 206 Å². The third-order valence-corrected chi connectivity index (χ3v) is 24.3. The number of carbonyl (C=O) groups is 4. The highest BCUT2D eigenvalue weighted by Crippen LogP contribution is 2.39. The maximum atomic E-state index is 12.8. The molecule has 4 fully saturated rings. The number of ether oxygens (including phenoxy) is 3. The van der Waals surface area contributed by atoms with E-state index in [2.05, 4.69) is 202 Å². The van der Waals surface area contributed by atoms with Crippen molar-refractivity contribution in [1.82, 2.24) is 64.4 Å². The molecule has 4 saturated heterocycles. The van der Waals surface area contributed by atoms with Gasteiger partial charge < -0.3 is 61.6 Å². The predicted molar refractivity (Wildman–Crippen MR) is 494 cm³/mol. The second-order valence-corrected chi connectivity index (χ2v) is 34.4. The number of amides is 1. The van der Waals surface area contributed by atoms with Crippen molar-refractivity contribution in [3.8, 4) is 18.0 Å². The standard InChI is InChI=1S/C25H34N6O.C24H31N5O2.C24H33N5O2.C24H31N5O2/c1-4-10-29(3)25(32)23-27-22(26)21-13-18(2)15-31(24(21)28-23)17-20-9-7-8-19(14-20)16-30-11-5-6-12-30;1-3-4-13-31-24-26-22(25)20-14-21(30)17(2)29(23(20)27-24)16-19-9-7-18(8-10-19)15-28-11-5-6-12-28;2*1-3-4-12-31-24-26-22(25)20-14-21(30)17(2)29(23(20)27-24)16-19-9-7-8-18(13-19)15-28-10-5-6-11-28/h7-9,14H,2,4-6,10-13,15-17H2,1,3H3,(H2,26,27,28);7-10H,2-6,11-16H2,1H3,(H2,25,26,27);7-9,13,17H,3-6,10-12,14-16H2,1-2H3,(H2,25,26,27);7-9,13H,2-6,10-12,14-16H2,1H3,(H2,25,26,27). The maximum Gasteiger partial charge on any atom is 0.320 e. The highest BCUT2D eigenvalue weighted by atomic mass is 16.5. The molecule has 0 saturated carbocycles. The first-order valence-electron chi connectivity index (χ1n) is 45.3. The first-order valence-corrected chi connectivity index (χ1v) is 45.3. The van der Waals surface area contributed by atoms with E-state index in [0.717, 1.165) is 124 Å². The number of fused-ring (bicyclic) bond motifs is 4. The molecule has 4 aromatic carbocycles. The minimum Gasteiger partial charge on any atom is -0.463 e. The van der Waals surface area contributed by atoms with Crippen LogP contribution in [0.4, 0.5) is 46.5 Å². The first-order chi connectivity index (χ1) is 60.6. The zero-order valence-electron chi connectivity index (χ0n) is 74.5. The molecule has 4 aromatic heterocycles. The minimum absolute atomic E-state index is 0.0596. The van der Waals surface area contributed by atoms with E-state index in [-0.39, 0.29) is 66.4 Å². The van der Waals surface area contributed by atoms with Gasteiger partial charge in [0.1, 0.15) is 46.5 Å². The molecule has 0 aliphatic carbocycles. The molecular formula is C97H129N21O7. The number of likely N-dealkylation sites (tertiary alicyclic amines) is 4. The number of aromatic nitrogens is 8. The summed E-state index contributed by atoms with van der Waals surface area (Å²) in [6.07, 6.45) is 18.2. The summed E-state index contributed by atoms with van der Waals surface area (Å²) in [7, 11) is 1.77. The van der Waals surface area contributed by atoms with Crippen molar-refractivity contribution in [1.29, 1.82) is 0 Å². The van der Waals surface area contributed by atoms with Crippen molar-refractivity contribution in [2.24, 2.45) is 0 Å². The van der Waals surface area contributed by atoms with Crippen molar-refractivity contribution >= 4 is 69.8 Å². The molecule has 28 heteroatoms. The second-order valence-electron chi connectivity index (χ2n) is 34.4. The van der Waals surface area contributed by atoms with Crippen LogP contribution in [0.25, 0.3) is 0 Å². The van der Waals surface area contributed by atoms with Gasteiger partial charge in [-0.25, -0.2) is 9.97 Å². The Labute approximate surface area is 737 Å². The van der Waals surface area contributed by atoms with Crippen LogP contribution in [0.5, 0.6) is 18.0 Å². The number of hydrogen-bond acceptors (Lipinski definition) is 27.